The summed E-state index contributed by atoms with van der Waals surface area (Å²) in [6.07, 6.45) is 2.12. The number of aryl methyl sites for hydroxylation is 1. The Bertz CT molecular complexity index is 347. The van der Waals surface area contributed by atoms with E-state index in [9.17, 15) is 8.78 Å². The summed E-state index contributed by atoms with van der Waals surface area (Å²) in [6, 6.07) is 1.88. The van der Waals surface area contributed by atoms with Crippen molar-refractivity contribution in [3.05, 3.63) is 47.5 Å². The van der Waals surface area contributed by atoms with Crippen molar-refractivity contribution in [1.82, 2.24) is 0 Å². The van der Waals surface area contributed by atoms with Crippen LogP contribution < -0.4 is 5.73 Å². The van der Waals surface area contributed by atoms with Crippen LogP contribution in [0.1, 0.15) is 24.1 Å². The molecule has 76 valence electrons. The van der Waals surface area contributed by atoms with E-state index in [4.69, 9.17) is 5.73 Å². The Kier molecular flexibility index (Phi) is 3.36. The summed E-state index contributed by atoms with van der Waals surface area (Å²) in [6.45, 7) is 5.39. The summed E-state index contributed by atoms with van der Waals surface area (Å²) in [5.74, 6) is -1.70. The van der Waals surface area contributed by atoms with Crippen molar-refractivity contribution < 1.29 is 8.78 Å². The fourth-order valence-electron chi connectivity index (χ4n) is 1.35. The average molecular weight is 197 g/mol. The number of halogens is 2. The molecule has 0 radical (unpaired) electrons. The first-order valence-electron chi connectivity index (χ1n) is 4.46. The van der Waals surface area contributed by atoms with Gasteiger partial charge in [-0.1, -0.05) is 13.0 Å². The van der Waals surface area contributed by atoms with E-state index in [1.807, 2.05) is 6.92 Å². The molecule has 0 saturated heterocycles. The molecule has 14 heavy (non-hydrogen) atoms. The van der Waals surface area contributed by atoms with Gasteiger partial charge in [0.1, 0.15) is 0 Å². The zero-order chi connectivity index (χ0) is 10.7. The third-order valence-electron chi connectivity index (χ3n) is 2.18. The van der Waals surface area contributed by atoms with Crippen LogP contribution in [-0.4, -0.2) is 0 Å². The molecule has 0 heterocycles. The molecule has 0 bridgehead atoms. The standard InChI is InChI=1S/C11H13F2N/c1-3-7-5-9(12)10(13)6-8(7)11(14)4-2/h4-6,11H,2-3,14H2,1H3/t11-/m0/s1. The first-order valence-corrected chi connectivity index (χ1v) is 4.46. The lowest BCUT2D eigenvalue weighted by Gasteiger charge is -2.12. The van der Waals surface area contributed by atoms with Crippen molar-refractivity contribution in [1.29, 1.82) is 0 Å². The maximum atomic E-state index is 12.9. The van der Waals surface area contributed by atoms with E-state index in [2.05, 4.69) is 6.58 Å². The van der Waals surface area contributed by atoms with Gasteiger partial charge in [0.05, 0.1) is 0 Å². The highest BCUT2D eigenvalue weighted by atomic mass is 19.2. The lowest BCUT2D eigenvalue weighted by atomic mass is 9.99. The predicted octanol–water partition coefficient (Wildman–Crippen LogP) is 2.71. The lowest BCUT2D eigenvalue weighted by Crippen LogP contribution is -2.10. The first-order chi connectivity index (χ1) is 6.60. The number of nitrogens with two attached hydrogens (primary N) is 1. The van der Waals surface area contributed by atoms with Gasteiger partial charge in [-0.25, -0.2) is 8.78 Å². The van der Waals surface area contributed by atoms with E-state index in [1.165, 1.54) is 12.1 Å². The topological polar surface area (TPSA) is 26.0 Å². The fourth-order valence-corrected chi connectivity index (χ4v) is 1.35. The molecule has 0 unspecified atom stereocenters. The van der Waals surface area contributed by atoms with Crippen molar-refractivity contribution in [2.24, 2.45) is 5.73 Å². The molecule has 1 atom stereocenters. The van der Waals surface area contributed by atoms with E-state index in [-0.39, 0.29) is 0 Å². The first kappa shape index (κ1) is 10.9. The average Bonchev–Trinajstić information content (AvgIpc) is 2.20. The van der Waals surface area contributed by atoms with Crippen LogP contribution in [0, 0.1) is 11.6 Å². The fraction of sp³-hybridized carbons (Fsp3) is 0.273. The van der Waals surface area contributed by atoms with Gasteiger partial charge in [-0.2, -0.15) is 0 Å². The molecular formula is C11H13F2N. The summed E-state index contributed by atoms with van der Waals surface area (Å²) in [4.78, 5) is 0. The van der Waals surface area contributed by atoms with Crippen LogP contribution >= 0.6 is 0 Å². The van der Waals surface area contributed by atoms with Crippen molar-refractivity contribution in [2.75, 3.05) is 0 Å². The van der Waals surface area contributed by atoms with Gasteiger partial charge in [0, 0.05) is 6.04 Å². The predicted molar refractivity (Wildman–Crippen MR) is 52.9 cm³/mol. The largest absolute Gasteiger partial charge is 0.321 e. The van der Waals surface area contributed by atoms with E-state index < -0.39 is 17.7 Å². The van der Waals surface area contributed by atoms with Crippen molar-refractivity contribution in [3.8, 4) is 0 Å². The minimum atomic E-state index is -0.866. The van der Waals surface area contributed by atoms with Crippen LogP contribution in [0.3, 0.4) is 0 Å². The van der Waals surface area contributed by atoms with Crippen LogP contribution in [-0.2, 0) is 6.42 Å². The van der Waals surface area contributed by atoms with Gasteiger partial charge in [-0.15, -0.1) is 6.58 Å². The lowest BCUT2D eigenvalue weighted by molar-refractivity contribution is 0.504. The number of rotatable bonds is 3. The third-order valence-corrected chi connectivity index (χ3v) is 2.18. The van der Waals surface area contributed by atoms with Crippen LogP contribution in [0.4, 0.5) is 8.78 Å². The number of hydrogen-bond donors (Lipinski definition) is 1. The second kappa shape index (κ2) is 4.33. The molecule has 0 spiro atoms. The Morgan fingerprint density at radius 1 is 1.43 bits per heavy atom. The van der Waals surface area contributed by atoms with Crippen LogP contribution in [0.2, 0.25) is 0 Å². The summed E-state index contributed by atoms with van der Waals surface area (Å²) in [7, 11) is 0. The van der Waals surface area contributed by atoms with Crippen LogP contribution in [0.25, 0.3) is 0 Å². The highest BCUT2D eigenvalue weighted by molar-refractivity contribution is 5.33. The maximum Gasteiger partial charge on any atom is 0.159 e. The summed E-state index contributed by atoms with van der Waals surface area (Å²) >= 11 is 0. The SMILES string of the molecule is C=C[C@H](N)c1cc(F)c(F)cc1CC. The van der Waals surface area contributed by atoms with Crippen molar-refractivity contribution in [2.45, 2.75) is 19.4 Å². The molecule has 3 heteroatoms. The molecular weight excluding hydrogens is 184 g/mol. The third kappa shape index (κ3) is 1.99. The normalized spacial score (nSPS) is 12.6. The Labute approximate surface area is 82.2 Å². The highest BCUT2D eigenvalue weighted by Crippen LogP contribution is 2.21. The smallest absolute Gasteiger partial charge is 0.159 e. The van der Waals surface area contributed by atoms with E-state index in [0.717, 1.165) is 11.6 Å². The molecule has 1 nitrogen and oxygen atoms in total. The molecule has 1 rings (SSSR count). The number of hydrogen-bond acceptors (Lipinski definition) is 1. The zero-order valence-corrected chi connectivity index (χ0v) is 8.06. The Balaban J connectivity index is 3.26. The molecule has 0 aliphatic carbocycles. The van der Waals surface area contributed by atoms with Gasteiger partial charge in [-0.3, -0.25) is 0 Å². The highest BCUT2D eigenvalue weighted by Gasteiger charge is 2.12. The number of benzene rings is 1. The second-order valence-corrected chi connectivity index (χ2v) is 3.08. The molecule has 1 aromatic carbocycles. The molecule has 0 fully saturated rings. The maximum absolute atomic E-state index is 12.9. The van der Waals surface area contributed by atoms with Crippen molar-refractivity contribution in [3.63, 3.8) is 0 Å². The van der Waals surface area contributed by atoms with Gasteiger partial charge in [0.25, 0.3) is 0 Å². The molecule has 1 aromatic rings. The quantitative estimate of drug-likeness (QED) is 0.741. The van der Waals surface area contributed by atoms with E-state index >= 15 is 0 Å². The second-order valence-electron chi connectivity index (χ2n) is 3.08. The van der Waals surface area contributed by atoms with E-state index in [0.29, 0.717) is 12.0 Å². The van der Waals surface area contributed by atoms with Gasteiger partial charge in [0.2, 0.25) is 0 Å². The van der Waals surface area contributed by atoms with Crippen LogP contribution in [0.5, 0.6) is 0 Å². The summed E-state index contributed by atoms with van der Waals surface area (Å²) < 4.78 is 25.8. The minimum absolute atomic E-state index is 0.444. The Morgan fingerprint density at radius 3 is 2.50 bits per heavy atom. The van der Waals surface area contributed by atoms with Gasteiger partial charge in [-0.05, 0) is 29.7 Å². The van der Waals surface area contributed by atoms with Gasteiger partial charge >= 0.3 is 0 Å². The Hall–Kier alpha value is -1.22. The van der Waals surface area contributed by atoms with Gasteiger partial charge < -0.3 is 5.73 Å². The molecule has 2 N–H and O–H groups in total. The summed E-state index contributed by atoms with van der Waals surface area (Å²) in [5.41, 5.74) is 7.00. The monoisotopic (exact) mass is 197 g/mol. The van der Waals surface area contributed by atoms with E-state index in [1.54, 1.807) is 0 Å². The van der Waals surface area contributed by atoms with Crippen LogP contribution in [0.15, 0.2) is 24.8 Å². The van der Waals surface area contributed by atoms with Crippen molar-refractivity contribution >= 4 is 0 Å². The molecule has 0 aromatic heterocycles. The minimum Gasteiger partial charge on any atom is -0.321 e. The molecule has 0 aliphatic heterocycles. The molecule has 0 amide bonds. The molecule has 0 aliphatic rings. The Morgan fingerprint density at radius 2 is 2.00 bits per heavy atom. The zero-order valence-electron chi connectivity index (χ0n) is 8.06. The summed E-state index contributed by atoms with van der Waals surface area (Å²) in [5, 5.41) is 0. The molecule has 0 saturated carbocycles. The van der Waals surface area contributed by atoms with Gasteiger partial charge in [0.15, 0.2) is 11.6 Å².